The number of hydrogen-bond acceptors (Lipinski definition) is 2. The number of likely N-dealkylation sites (tertiary alicyclic amines) is 1. The van der Waals surface area contributed by atoms with Gasteiger partial charge in [0.05, 0.1) is 6.20 Å². The predicted molar refractivity (Wildman–Crippen MR) is 97.6 cm³/mol. The number of carbonyl (C=O) groups excluding carboxylic acids is 1. The zero-order valence-electron chi connectivity index (χ0n) is 15.1. The van der Waals surface area contributed by atoms with Gasteiger partial charge in [0.25, 0.3) is 0 Å². The Kier molecular flexibility index (Phi) is 4.66. The van der Waals surface area contributed by atoms with Gasteiger partial charge in [-0.3, -0.25) is 5.10 Å². The highest BCUT2D eigenvalue weighted by molar-refractivity contribution is 5.74. The first-order valence-electron chi connectivity index (χ1n) is 9.43. The molecular formula is C20H25FN4O. The van der Waals surface area contributed by atoms with E-state index in [0.717, 1.165) is 56.5 Å². The molecule has 6 heteroatoms. The normalized spacial score (nSPS) is 20.7. The number of aromatic amines is 1. The molecule has 0 unspecified atom stereocenters. The highest BCUT2D eigenvalue weighted by Crippen LogP contribution is 2.30. The van der Waals surface area contributed by atoms with Crippen molar-refractivity contribution < 1.29 is 9.18 Å². The lowest BCUT2D eigenvalue weighted by Crippen LogP contribution is -2.49. The molecule has 26 heavy (non-hydrogen) atoms. The quantitative estimate of drug-likeness (QED) is 0.867. The molecule has 0 bridgehead atoms. The topological polar surface area (TPSA) is 61.0 Å². The Hall–Kier alpha value is -2.37. The second-order valence-corrected chi connectivity index (χ2v) is 7.53. The number of urea groups is 1. The summed E-state index contributed by atoms with van der Waals surface area (Å²) in [6, 6.07) is 5.24. The minimum Gasteiger partial charge on any atom is -0.335 e. The molecule has 2 aliphatic rings. The minimum atomic E-state index is -0.184. The maximum Gasteiger partial charge on any atom is 0.317 e. The van der Waals surface area contributed by atoms with Crippen molar-refractivity contribution in [2.75, 3.05) is 13.1 Å². The van der Waals surface area contributed by atoms with Crippen molar-refractivity contribution in [3.63, 3.8) is 0 Å². The van der Waals surface area contributed by atoms with Gasteiger partial charge in [0, 0.05) is 31.2 Å². The summed E-state index contributed by atoms with van der Waals surface area (Å²) in [6.45, 7) is 3.45. The van der Waals surface area contributed by atoms with E-state index in [0.29, 0.717) is 5.92 Å². The Morgan fingerprint density at radius 1 is 1.31 bits per heavy atom. The lowest BCUT2D eigenvalue weighted by atomic mass is 9.87. The van der Waals surface area contributed by atoms with Crippen molar-refractivity contribution in [1.82, 2.24) is 20.4 Å². The number of fused-ring (bicyclic) bond motifs is 1. The van der Waals surface area contributed by atoms with Gasteiger partial charge in [-0.2, -0.15) is 5.10 Å². The van der Waals surface area contributed by atoms with E-state index in [1.807, 2.05) is 24.1 Å². The molecule has 2 amide bonds. The lowest BCUT2D eigenvalue weighted by molar-refractivity contribution is 0.176. The van der Waals surface area contributed by atoms with E-state index in [-0.39, 0.29) is 17.9 Å². The van der Waals surface area contributed by atoms with Crippen LogP contribution in [0.25, 0.3) is 0 Å². The van der Waals surface area contributed by atoms with Crippen molar-refractivity contribution in [3.05, 3.63) is 52.6 Å². The SMILES string of the molecule is Cc1cc(F)ccc1C1CCN(C(=O)N[C@@H]2CCc3cn[nH]c3C2)CC1. The number of aromatic nitrogens is 2. The highest BCUT2D eigenvalue weighted by atomic mass is 19.1. The number of halogens is 1. The molecule has 2 aromatic rings. The molecule has 1 aromatic heterocycles. The van der Waals surface area contributed by atoms with Gasteiger partial charge < -0.3 is 10.2 Å². The highest BCUT2D eigenvalue weighted by Gasteiger charge is 2.27. The summed E-state index contributed by atoms with van der Waals surface area (Å²) in [7, 11) is 0. The average molecular weight is 356 g/mol. The van der Waals surface area contributed by atoms with Crippen LogP contribution in [0.15, 0.2) is 24.4 Å². The number of hydrogen-bond donors (Lipinski definition) is 2. The minimum absolute atomic E-state index is 0.0345. The molecule has 1 atom stereocenters. The van der Waals surface area contributed by atoms with E-state index in [2.05, 4.69) is 15.5 Å². The number of amides is 2. The number of nitrogens with zero attached hydrogens (tertiary/aromatic N) is 2. The number of nitrogens with one attached hydrogen (secondary N) is 2. The monoisotopic (exact) mass is 356 g/mol. The number of benzene rings is 1. The van der Waals surface area contributed by atoms with Crippen LogP contribution in [0.5, 0.6) is 0 Å². The summed E-state index contributed by atoms with van der Waals surface area (Å²) >= 11 is 0. The molecule has 138 valence electrons. The summed E-state index contributed by atoms with van der Waals surface area (Å²) in [5, 5.41) is 10.3. The number of H-pyrrole nitrogens is 1. The van der Waals surface area contributed by atoms with Crippen LogP contribution in [-0.4, -0.2) is 40.3 Å². The van der Waals surface area contributed by atoms with Crippen LogP contribution in [0.1, 0.15) is 47.6 Å². The van der Waals surface area contributed by atoms with Crippen molar-refractivity contribution in [1.29, 1.82) is 0 Å². The Labute approximate surface area is 153 Å². The van der Waals surface area contributed by atoms with E-state index >= 15 is 0 Å². The third kappa shape index (κ3) is 3.45. The zero-order chi connectivity index (χ0) is 18.1. The lowest BCUT2D eigenvalue weighted by Gasteiger charge is -2.34. The van der Waals surface area contributed by atoms with Gasteiger partial charge in [-0.05, 0) is 67.3 Å². The van der Waals surface area contributed by atoms with Crippen LogP contribution in [0.3, 0.4) is 0 Å². The van der Waals surface area contributed by atoms with Crippen LogP contribution in [0.2, 0.25) is 0 Å². The van der Waals surface area contributed by atoms with E-state index in [9.17, 15) is 9.18 Å². The molecule has 2 heterocycles. The molecular weight excluding hydrogens is 331 g/mol. The Morgan fingerprint density at radius 2 is 2.12 bits per heavy atom. The molecule has 0 saturated carbocycles. The molecule has 0 spiro atoms. The van der Waals surface area contributed by atoms with Gasteiger partial charge in [-0.15, -0.1) is 0 Å². The van der Waals surface area contributed by atoms with Gasteiger partial charge in [0.1, 0.15) is 5.82 Å². The number of rotatable bonds is 2. The summed E-state index contributed by atoms with van der Waals surface area (Å²) in [4.78, 5) is 14.5. The largest absolute Gasteiger partial charge is 0.335 e. The summed E-state index contributed by atoms with van der Waals surface area (Å²) < 4.78 is 13.3. The van der Waals surface area contributed by atoms with E-state index < -0.39 is 0 Å². The van der Waals surface area contributed by atoms with E-state index in [1.165, 1.54) is 17.2 Å². The number of carbonyl (C=O) groups is 1. The fourth-order valence-corrected chi connectivity index (χ4v) is 4.29. The summed E-state index contributed by atoms with van der Waals surface area (Å²) in [6.07, 6.45) is 6.48. The third-order valence-electron chi connectivity index (χ3n) is 5.80. The molecule has 1 saturated heterocycles. The van der Waals surface area contributed by atoms with Crippen molar-refractivity contribution in [2.45, 2.75) is 51.0 Å². The van der Waals surface area contributed by atoms with Gasteiger partial charge >= 0.3 is 6.03 Å². The molecule has 1 aromatic carbocycles. The fourth-order valence-electron chi connectivity index (χ4n) is 4.29. The maximum atomic E-state index is 13.3. The Bertz CT molecular complexity index is 795. The summed E-state index contributed by atoms with van der Waals surface area (Å²) in [5.74, 6) is 0.220. The van der Waals surface area contributed by atoms with Gasteiger partial charge in [0.2, 0.25) is 0 Å². The molecule has 1 aliphatic carbocycles. The molecule has 5 nitrogen and oxygen atoms in total. The van der Waals surface area contributed by atoms with Gasteiger partial charge in [-0.1, -0.05) is 6.07 Å². The first-order valence-corrected chi connectivity index (χ1v) is 9.43. The van der Waals surface area contributed by atoms with Crippen LogP contribution in [-0.2, 0) is 12.8 Å². The Morgan fingerprint density at radius 3 is 2.88 bits per heavy atom. The van der Waals surface area contributed by atoms with Crippen LogP contribution < -0.4 is 5.32 Å². The van der Waals surface area contributed by atoms with Crippen molar-refractivity contribution in [3.8, 4) is 0 Å². The molecule has 4 rings (SSSR count). The first-order chi connectivity index (χ1) is 12.6. The van der Waals surface area contributed by atoms with Gasteiger partial charge in [0.15, 0.2) is 0 Å². The third-order valence-corrected chi connectivity index (χ3v) is 5.80. The van der Waals surface area contributed by atoms with Crippen LogP contribution in [0, 0.1) is 12.7 Å². The van der Waals surface area contributed by atoms with Crippen molar-refractivity contribution in [2.24, 2.45) is 0 Å². The van der Waals surface area contributed by atoms with Crippen LogP contribution in [0.4, 0.5) is 9.18 Å². The maximum absolute atomic E-state index is 13.3. The predicted octanol–water partition coefficient (Wildman–Crippen LogP) is 3.30. The molecule has 0 radical (unpaired) electrons. The first kappa shape index (κ1) is 17.1. The van der Waals surface area contributed by atoms with Crippen molar-refractivity contribution >= 4 is 6.03 Å². The second-order valence-electron chi connectivity index (χ2n) is 7.53. The van der Waals surface area contributed by atoms with Crippen LogP contribution >= 0.6 is 0 Å². The number of piperidine rings is 1. The molecule has 1 fully saturated rings. The van der Waals surface area contributed by atoms with Gasteiger partial charge in [-0.25, -0.2) is 9.18 Å². The zero-order valence-corrected chi connectivity index (χ0v) is 15.1. The number of aryl methyl sites for hydroxylation is 2. The Balaban J connectivity index is 1.31. The fraction of sp³-hybridized carbons (Fsp3) is 0.500. The van der Waals surface area contributed by atoms with E-state index in [4.69, 9.17) is 0 Å². The average Bonchev–Trinajstić information content (AvgIpc) is 3.10. The molecule has 1 aliphatic heterocycles. The smallest absolute Gasteiger partial charge is 0.317 e. The second kappa shape index (κ2) is 7.09. The molecule has 2 N–H and O–H groups in total. The standard InChI is InChI=1S/C20H25FN4O/c1-13-10-16(21)3-5-18(13)14-6-8-25(9-7-14)20(26)23-17-4-2-15-12-22-24-19(15)11-17/h3,5,10,12,14,17H,2,4,6-9,11H2,1H3,(H,22,24)(H,23,26)/t17-/m1/s1. The summed E-state index contributed by atoms with van der Waals surface area (Å²) in [5.41, 5.74) is 4.63. The van der Waals surface area contributed by atoms with E-state index in [1.54, 1.807) is 6.07 Å².